The van der Waals surface area contributed by atoms with Crippen LogP contribution in [0.5, 0.6) is 0 Å². The second-order valence-corrected chi connectivity index (χ2v) is 4.39. The third kappa shape index (κ3) is 5.23. The van der Waals surface area contributed by atoms with Crippen LogP contribution in [-0.2, 0) is 4.74 Å². The van der Waals surface area contributed by atoms with E-state index in [1.807, 2.05) is 0 Å². The Morgan fingerprint density at radius 1 is 1.28 bits per heavy atom. The van der Waals surface area contributed by atoms with Crippen molar-refractivity contribution in [3.8, 4) is 0 Å². The molecule has 0 saturated carbocycles. The first-order valence-corrected chi connectivity index (χ1v) is 6.32. The number of carbonyl (C=O) groups excluding carboxylic acids is 1. The number of ether oxygens (including phenoxy) is 1. The SMILES string of the molecule is O=C(NCCCOCCO)c1ccc(Cl)c(Cl)c1. The molecule has 0 aromatic heterocycles. The smallest absolute Gasteiger partial charge is 0.251 e. The van der Waals surface area contributed by atoms with Crippen molar-refractivity contribution in [3.63, 3.8) is 0 Å². The van der Waals surface area contributed by atoms with Crippen LogP contribution in [-0.4, -0.2) is 37.4 Å². The summed E-state index contributed by atoms with van der Waals surface area (Å²) in [6, 6.07) is 4.73. The first-order chi connectivity index (χ1) is 8.65. The topological polar surface area (TPSA) is 58.6 Å². The zero-order valence-corrected chi connectivity index (χ0v) is 11.3. The molecule has 0 heterocycles. The summed E-state index contributed by atoms with van der Waals surface area (Å²) in [6.45, 7) is 1.34. The van der Waals surface area contributed by atoms with Gasteiger partial charge in [-0.2, -0.15) is 0 Å². The molecule has 100 valence electrons. The van der Waals surface area contributed by atoms with E-state index in [0.29, 0.717) is 41.8 Å². The van der Waals surface area contributed by atoms with Crippen LogP contribution in [0.2, 0.25) is 10.0 Å². The fraction of sp³-hybridized carbons (Fsp3) is 0.417. The Balaban J connectivity index is 2.30. The number of benzene rings is 1. The lowest BCUT2D eigenvalue weighted by molar-refractivity contribution is 0.0867. The van der Waals surface area contributed by atoms with Crippen molar-refractivity contribution < 1.29 is 14.6 Å². The van der Waals surface area contributed by atoms with E-state index >= 15 is 0 Å². The number of hydrogen-bond donors (Lipinski definition) is 2. The molecule has 1 rings (SSSR count). The molecule has 0 atom stereocenters. The van der Waals surface area contributed by atoms with Crippen molar-refractivity contribution >= 4 is 29.1 Å². The largest absolute Gasteiger partial charge is 0.394 e. The maximum atomic E-state index is 11.7. The fourth-order valence-electron chi connectivity index (χ4n) is 1.28. The molecule has 1 amide bonds. The van der Waals surface area contributed by atoms with Crippen LogP contribution in [0.4, 0.5) is 0 Å². The van der Waals surface area contributed by atoms with E-state index in [-0.39, 0.29) is 12.5 Å². The van der Waals surface area contributed by atoms with Crippen molar-refractivity contribution in [3.05, 3.63) is 33.8 Å². The maximum Gasteiger partial charge on any atom is 0.251 e. The standard InChI is InChI=1S/C12H15Cl2NO3/c13-10-3-2-9(8-11(10)14)12(17)15-4-1-6-18-7-5-16/h2-3,8,16H,1,4-7H2,(H,15,17). The van der Waals surface area contributed by atoms with E-state index in [0.717, 1.165) is 0 Å². The number of rotatable bonds is 7. The van der Waals surface area contributed by atoms with Crippen molar-refractivity contribution in [2.45, 2.75) is 6.42 Å². The summed E-state index contributed by atoms with van der Waals surface area (Å²) in [7, 11) is 0. The Kier molecular flexibility index (Phi) is 7.05. The molecule has 6 heteroatoms. The quantitative estimate of drug-likeness (QED) is 0.757. The molecule has 0 spiro atoms. The summed E-state index contributed by atoms with van der Waals surface area (Å²) in [5.41, 5.74) is 0.473. The lowest BCUT2D eigenvalue weighted by Gasteiger charge is -2.06. The van der Waals surface area contributed by atoms with Gasteiger partial charge in [-0.15, -0.1) is 0 Å². The van der Waals surface area contributed by atoms with Gasteiger partial charge in [0.1, 0.15) is 0 Å². The molecule has 0 fully saturated rings. The molecular formula is C12H15Cl2NO3. The van der Waals surface area contributed by atoms with E-state index < -0.39 is 0 Å². The molecule has 4 nitrogen and oxygen atoms in total. The van der Waals surface area contributed by atoms with Crippen LogP contribution in [0.1, 0.15) is 16.8 Å². The molecule has 1 aromatic rings. The Morgan fingerprint density at radius 3 is 2.72 bits per heavy atom. The molecule has 0 bridgehead atoms. The highest BCUT2D eigenvalue weighted by molar-refractivity contribution is 6.42. The van der Waals surface area contributed by atoms with Gasteiger partial charge in [0, 0.05) is 18.7 Å². The normalized spacial score (nSPS) is 10.4. The van der Waals surface area contributed by atoms with Gasteiger partial charge in [-0.3, -0.25) is 4.79 Å². The molecular weight excluding hydrogens is 277 g/mol. The first-order valence-electron chi connectivity index (χ1n) is 5.57. The summed E-state index contributed by atoms with van der Waals surface area (Å²) in [6.07, 6.45) is 0.688. The van der Waals surface area contributed by atoms with Crippen LogP contribution < -0.4 is 5.32 Å². The Morgan fingerprint density at radius 2 is 2.06 bits per heavy atom. The highest BCUT2D eigenvalue weighted by Crippen LogP contribution is 2.22. The minimum absolute atomic E-state index is 0.00956. The first kappa shape index (κ1) is 15.2. The minimum Gasteiger partial charge on any atom is -0.394 e. The Labute approximate surface area is 116 Å². The van der Waals surface area contributed by atoms with Gasteiger partial charge in [-0.25, -0.2) is 0 Å². The van der Waals surface area contributed by atoms with Crippen LogP contribution in [0.15, 0.2) is 18.2 Å². The van der Waals surface area contributed by atoms with Gasteiger partial charge in [0.25, 0.3) is 5.91 Å². The molecule has 0 saturated heterocycles. The molecule has 0 aliphatic heterocycles. The van der Waals surface area contributed by atoms with Crippen LogP contribution in [0, 0.1) is 0 Å². The Hall–Kier alpha value is -0.810. The number of aliphatic hydroxyl groups excluding tert-OH is 1. The minimum atomic E-state index is -0.198. The van der Waals surface area contributed by atoms with Gasteiger partial charge < -0.3 is 15.2 Å². The van der Waals surface area contributed by atoms with E-state index in [1.54, 1.807) is 12.1 Å². The van der Waals surface area contributed by atoms with Crippen molar-refractivity contribution in [2.75, 3.05) is 26.4 Å². The second kappa shape index (κ2) is 8.32. The summed E-state index contributed by atoms with van der Waals surface area (Å²) >= 11 is 11.6. The van der Waals surface area contributed by atoms with E-state index in [2.05, 4.69) is 5.32 Å². The zero-order valence-electron chi connectivity index (χ0n) is 9.79. The highest BCUT2D eigenvalue weighted by atomic mass is 35.5. The number of halogens is 2. The molecule has 0 radical (unpaired) electrons. The van der Waals surface area contributed by atoms with Crippen molar-refractivity contribution in [1.29, 1.82) is 0 Å². The summed E-state index contributed by atoms with van der Waals surface area (Å²) < 4.78 is 5.07. The fourth-order valence-corrected chi connectivity index (χ4v) is 1.58. The molecule has 0 aliphatic rings. The van der Waals surface area contributed by atoms with Gasteiger partial charge >= 0.3 is 0 Å². The van der Waals surface area contributed by atoms with Gasteiger partial charge in [-0.1, -0.05) is 23.2 Å². The average Bonchev–Trinajstić information content (AvgIpc) is 2.36. The van der Waals surface area contributed by atoms with Gasteiger partial charge in [0.2, 0.25) is 0 Å². The van der Waals surface area contributed by atoms with Crippen LogP contribution in [0.3, 0.4) is 0 Å². The van der Waals surface area contributed by atoms with E-state index in [4.69, 9.17) is 33.0 Å². The third-order valence-electron chi connectivity index (χ3n) is 2.17. The number of carbonyl (C=O) groups is 1. The third-order valence-corrected chi connectivity index (χ3v) is 2.91. The number of amides is 1. The van der Waals surface area contributed by atoms with Crippen molar-refractivity contribution in [2.24, 2.45) is 0 Å². The second-order valence-electron chi connectivity index (χ2n) is 3.57. The maximum absolute atomic E-state index is 11.7. The molecule has 1 aromatic carbocycles. The summed E-state index contributed by atoms with van der Waals surface area (Å²) in [4.78, 5) is 11.7. The summed E-state index contributed by atoms with van der Waals surface area (Å²) in [5.74, 6) is -0.198. The monoisotopic (exact) mass is 291 g/mol. The number of hydrogen-bond acceptors (Lipinski definition) is 3. The summed E-state index contributed by atoms with van der Waals surface area (Å²) in [5, 5.41) is 12.0. The highest BCUT2D eigenvalue weighted by Gasteiger charge is 2.07. The number of nitrogens with one attached hydrogen (secondary N) is 1. The predicted molar refractivity (Wildman–Crippen MR) is 71.3 cm³/mol. The zero-order chi connectivity index (χ0) is 13.4. The van der Waals surface area contributed by atoms with E-state index in [1.165, 1.54) is 6.07 Å². The van der Waals surface area contributed by atoms with Crippen LogP contribution >= 0.6 is 23.2 Å². The molecule has 0 aliphatic carbocycles. The molecule has 0 unspecified atom stereocenters. The average molecular weight is 292 g/mol. The Bertz CT molecular complexity index is 399. The lowest BCUT2D eigenvalue weighted by Crippen LogP contribution is -2.25. The van der Waals surface area contributed by atoms with Crippen LogP contribution in [0.25, 0.3) is 0 Å². The van der Waals surface area contributed by atoms with Crippen molar-refractivity contribution in [1.82, 2.24) is 5.32 Å². The van der Waals surface area contributed by atoms with Gasteiger partial charge in [-0.05, 0) is 24.6 Å². The molecule has 2 N–H and O–H groups in total. The lowest BCUT2D eigenvalue weighted by atomic mass is 10.2. The van der Waals surface area contributed by atoms with Gasteiger partial charge in [0.15, 0.2) is 0 Å². The van der Waals surface area contributed by atoms with Gasteiger partial charge in [0.05, 0.1) is 23.3 Å². The molecule has 18 heavy (non-hydrogen) atoms. The number of aliphatic hydroxyl groups is 1. The predicted octanol–water partition coefficient (Wildman–Crippen LogP) is 2.12. The van der Waals surface area contributed by atoms with E-state index in [9.17, 15) is 4.79 Å².